The van der Waals surface area contributed by atoms with Gasteiger partial charge in [0.05, 0.1) is 21.7 Å². The highest BCUT2D eigenvalue weighted by Gasteiger charge is 2.28. The summed E-state index contributed by atoms with van der Waals surface area (Å²) in [5, 5.41) is 14.9. The molecule has 0 aliphatic carbocycles. The molecule has 1 N–H and O–H groups in total. The molecule has 0 aromatic heterocycles. The minimum atomic E-state index is -4.10. The van der Waals surface area contributed by atoms with Crippen LogP contribution in [0.1, 0.15) is 16.7 Å². The molecule has 0 unspecified atom stereocenters. The fraction of sp³-hybridized carbons (Fsp3) is 0.130. The van der Waals surface area contributed by atoms with E-state index in [1.807, 2.05) is 6.92 Å². The molecule has 3 rings (SSSR count). The second-order valence-corrected chi connectivity index (χ2v) is 9.70. The molecule has 1 amide bonds. The zero-order valence-electron chi connectivity index (χ0n) is 18.3. The lowest BCUT2D eigenvalue weighted by atomic mass is 10.2. The number of hydrogen-bond donors (Lipinski definition) is 1. The SMILES string of the molecule is Cc1ccc(S(=O)(=O)N(CC(=O)N/N=C\c2ccc([N+](=O)[O-])cc2)c2cc(Cl)ccc2C)cc1. The van der Waals surface area contributed by atoms with Crippen LogP contribution in [0.25, 0.3) is 0 Å². The van der Waals surface area contributed by atoms with Crippen molar-refractivity contribution in [2.24, 2.45) is 5.10 Å². The van der Waals surface area contributed by atoms with Gasteiger partial charge in [-0.3, -0.25) is 19.2 Å². The van der Waals surface area contributed by atoms with Crippen molar-refractivity contribution in [2.45, 2.75) is 18.7 Å². The minimum Gasteiger partial charge on any atom is -0.271 e. The van der Waals surface area contributed by atoms with Crippen molar-refractivity contribution in [3.63, 3.8) is 0 Å². The normalized spacial score (nSPS) is 11.4. The van der Waals surface area contributed by atoms with Crippen molar-refractivity contribution in [1.29, 1.82) is 0 Å². The highest BCUT2D eigenvalue weighted by atomic mass is 35.5. The quantitative estimate of drug-likeness (QED) is 0.282. The molecule has 0 atom stereocenters. The van der Waals surface area contributed by atoms with Gasteiger partial charge in [-0.05, 0) is 61.4 Å². The van der Waals surface area contributed by atoms with Gasteiger partial charge in [0.15, 0.2) is 0 Å². The lowest BCUT2D eigenvalue weighted by Gasteiger charge is -2.25. The Labute approximate surface area is 201 Å². The molecule has 0 heterocycles. The predicted molar refractivity (Wildman–Crippen MR) is 131 cm³/mol. The number of nitrogens with one attached hydrogen (secondary N) is 1. The van der Waals surface area contributed by atoms with E-state index in [1.54, 1.807) is 31.2 Å². The van der Waals surface area contributed by atoms with Gasteiger partial charge in [-0.25, -0.2) is 13.8 Å². The summed E-state index contributed by atoms with van der Waals surface area (Å²) >= 11 is 6.11. The third-order valence-electron chi connectivity index (χ3n) is 4.84. The van der Waals surface area contributed by atoms with E-state index in [-0.39, 0.29) is 16.3 Å². The average molecular weight is 501 g/mol. The van der Waals surface area contributed by atoms with Crippen molar-refractivity contribution < 1.29 is 18.1 Å². The van der Waals surface area contributed by atoms with Crippen molar-refractivity contribution >= 4 is 45.1 Å². The summed E-state index contributed by atoms with van der Waals surface area (Å²) in [6.45, 7) is 3.01. The zero-order valence-corrected chi connectivity index (χ0v) is 19.9. The number of rotatable bonds is 8. The first kappa shape index (κ1) is 24.9. The lowest BCUT2D eigenvalue weighted by molar-refractivity contribution is -0.384. The van der Waals surface area contributed by atoms with E-state index in [2.05, 4.69) is 10.5 Å². The maximum atomic E-state index is 13.4. The van der Waals surface area contributed by atoms with Crippen LogP contribution in [0, 0.1) is 24.0 Å². The molecule has 9 nitrogen and oxygen atoms in total. The van der Waals surface area contributed by atoms with Crippen LogP contribution < -0.4 is 9.73 Å². The number of nitro benzene ring substituents is 1. The zero-order chi connectivity index (χ0) is 24.9. The van der Waals surface area contributed by atoms with Gasteiger partial charge in [-0.2, -0.15) is 5.10 Å². The number of non-ortho nitro benzene ring substituents is 1. The molecule has 3 aromatic carbocycles. The van der Waals surface area contributed by atoms with Gasteiger partial charge in [-0.15, -0.1) is 0 Å². The summed E-state index contributed by atoms with van der Waals surface area (Å²) in [6, 6.07) is 16.6. The predicted octanol–water partition coefficient (Wildman–Crippen LogP) is 4.21. The largest absolute Gasteiger partial charge is 0.271 e. The number of carbonyl (C=O) groups excluding carboxylic acids is 1. The van der Waals surface area contributed by atoms with Crippen LogP contribution in [0.3, 0.4) is 0 Å². The molecular formula is C23H21ClN4O5S. The highest BCUT2D eigenvalue weighted by Crippen LogP contribution is 2.29. The Morgan fingerprint density at radius 1 is 1.09 bits per heavy atom. The fourth-order valence-corrected chi connectivity index (χ4v) is 4.66. The molecule has 3 aromatic rings. The van der Waals surface area contributed by atoms with Crippen molar-refractivity contribution in [3.05, 3.63) is 98.6 Å². The number of nitro groups is 1. The molecule has 11 heteroatoms. The summed E-state index contributed by atoms with van der Waals surface area (Å²) < 4.78 is 27.9. The van der Waals surface area contributed by atoms with Gasteiger partial charge in [0.25, 0.3) is 21.6 Å². The highest BCUT2D eigenvalue weighted by molar-refractivity contribution is 7.92. The Kier molecular flexibility index (Phi) is 7.64. The number of carbonyl (C=O) groups is 1. The van der Waals surface area contributed by atoms with Gasteiger partial charge in [-0.1, -0.05) is 35.4 Å². The van der Waals surface area contributed by atoms with Gasteiger partial charge in [0, 0.05) is 17.2 Å². The number of halogens is 1. The number of benzene rings is 3. The second-order valence-electron chi connectivity index (χ2n) is 7.40. The van der Waals surface area contributed by atoms with Crippen LogP contribution in [0.15, 0.2) is 76.7 Å². The third kappa shape index (κ3) is 5.97. The number of hydrogen-bond acceptors (Lipinski definition) is 6. The molecule has 0 aliphatic rings. The molecule has 0 saturated carbocycles. The Bertz CT molecular complexity index is 1340. The third-order valence-corrected chi connectivity index (χ3v) is 6.85. The summed E-state index contributed by atoms with van der Waals surface area (Å²) in [6.07, 6.45) is 1.30. The number of aryl methyl sites for hydroxylation is 2. The van der Waals surface area contributed by atoms with E-state index in [0.29, 0.717) is 16.1 Å². The van der Waals surface area contributed by atoms with E-state index in [1.165, 1.54) is 48.7 Å². The van der Waals surface area contributed by atoms with Crippen LogP contribution in [-0.2, 0) is 14.8 Å². The number of nitrogens with zero attached hydrogens (tertiary/aromatic N) is 3. The Balaban J connectivity index is 1.85. The Morgan fingerprint density at radius 3 is 2.35 bits per heavy atom. The first-order valence-electron chi connectivity index (χ1n) is 10.00. The van der Waals surface area contributed by atoms with Crippen LogP contribution in [-0.4, -0.2) is 32.0 Å². The summed E-state index contributed by atoms with van der Waals surface area (Å²) in [4.78, 5) is 22.9. The van der Waals surface area contributed by atoms with E-state index >= 15 is 0 Å². The van der Waals surface area contributed by atoms with Crippen molar-refractivity contribution in [1.82, 2.24) is 5.43 Å². The molecule has 0 radical (unpaired) electrons. The lowest BCUT2D eigenvalue weighted by Crippen LogP contribution is -2.40. The number of hydrazone groups is 1. The fourth-order valence-electron chi connectivity index (χ4n) is 3.02. The molecular weight excluding hydrogens is 480 g/mol. The summed E-state index contributed by atoms with van der Waals surface area (Å²) in [7, 11) is -4.10. The number of sulfonamides is 1. The smallest absolute Gasteiger partial charge is 0.269 e. The van der Waals surface area contributed by atoms with E-state index in [9.17, 15) is 23.3 Å². The maximum absolute atomic E-state index is 13.4. The van der Waals surface area contributed by atoms with E-state index in [4.69, 9.17) is 11.6 Å². The molecule has 0 saturated heterocycles. The molecule has 0 spiro atoms. The molecule has 34 heavy (non-hydrogen) atoms. The molecule has 0 bridgehead atoms. The van der Waals surface area contributed by atoms with Gasteiger partial charge in [0.2, 0.25) is 0 Å². The van der Waals surface area contributed by atoms with Gasteiger partial charge in [0.1, 0.15) is 6.54 Å². The summed E-state index contributed by atoms with van der Waals surface area (Å²) in [5.74, 6) is -0.687. The van der Waals surface area contributed by atoms with Crippen LogP contribution in [0.2, 0.25) is 5.02 Å². The van der Waals surface area contributed by atoms with E-state index < -0.39 is 27.4 Å². The summed E-state index contributed by atoms with van der Waals surface area (Å²) in [5.41, 5.74) is 4.50. The first-order chi connectivity index (χ1) is 16.1. The van der Waals surface area contributed by atoms with Crippen molar-refractivity contribution in [3.8, 4) is 0 Å². The molecule has 0 aliphatic heterocycles. The average Bonchev–Trinajstić information content (AvgIpc) is 2.80. The minimum absolute atomic E-state index is 0.0275. The maximum Gasteiger partial charge on any atom is 0.269 e. The van der Waals surface area contributed by atoms with Gasteiger partial charge < -0.3 is 0 Å². The monoisotopic (exact) mass is 500 g/mol. The number of amides is 1. The van der Waals surface area contributed by atoms with Crippen LogP contribution in [0.4, 0.5) is 11.4 Å². The number of anilines is 1. The molecule has 176 valence electrons. The van der Waals surface area contributed by atoms with Crippen LogP contribution in [0.5, 0.6) is 0 Å². The second kappa shape index (κ2) is 10.4. The Hall–Kier alpha value is -3.76. The molecule has 0 fully saturated rings. The standard InChI is InChI=1S/C23H21ClN4O5S/c1-16-3-11-21(12-4-16)34(32,33)27(22-13-19(24)8-5-17(22)2)15-23(29)26-25-14-18-6-9-20(10-7-18)28(30)31/h3-14H,15H2,1-2H3,(H,26,29)/b25-14-. The Morgan fingerprint density at radius 2 is 1.74 bits per heavy atom. The van der Waals surface area contributed by atoms with Crippen molar-refractivity contribution in [2.75, 3.05) is 10.8 Å². The first-order valence-corrected chi connectivity index (χ1v) is 11.8. The topological polar surface area (TPSA) is 122 Å². The van der Waals surface area contributed by atoms with Gasteiger partial charge >= 0.3 is 0 Å². The van der Waals surface area contributed by atoms with Crippen LogP contribution >= 0.6 is 11.6 Å². The van der Waals surface area contributed by atoms with E-state index in [0.717, 1.165) is 9.87 Å².